The Kier molecular flexibility index (Phi) is 7.34. The van der Waals surface area contributed by atoms with Crippen molar-refractivity contribution in [3.8, 4) is 17.1 Å². The van der Waals surface area contributed by atoms with E-state index in [0.717, 1.165) is 49.4 Å². The van der Waals surface area contributed by atoms with Gasteiger partial charge in [0.1, 0.15) is 5.75 Å². The van der Waals surface area contributed by atoms with E-state index in [1.165, 1.54) is 0 Å². The molecule has 1 unspecified atom stereocenters. The number of ether oxygens (including phenoxy) is 1. The molecule has 3 aromatic rings. The van der Waals surface area contributed by atoms with Crippen molar-refractivity contribution in [3.05, 3.63) is 70.3 Å². The van der Waals surface area contributed by atoms with Crippen molar-refractivity contribution in [2.24, 2.45) is 5.41 Å². The van der Waals surface area contributed by atoms with E-state index in [2.05, 4.69) is 23.9 Å². The van der Waals surface area contributed by atoms with Crippen molar-refractivity contribution in [2.45, 2.75) is 38.7 Å². The summed E-state index contributed by atoms with van der Waals surface area (Å²) < 4.78 is 11.3. The van der Waals surface area contributed by atoms with E-state index in [1.54, 1.807) is 12.3 Å². The lowest BCUT2D eigenvalue weighted by atomic mass is 9.67. The molecule has 2 heterocycles. The normalized spacial score (nSPS) is 20.6. The van der Waals surface area contributed by atoms with Gasteiger partial charge in [-0.1, -0.05) is 54.3 Å². The zero-order chi connectivity index (χ0) is 23.5. The molecule has 0 spiro atoms. The van der Waals surface area contributed by atoms with Crippen LogP contribution in [0.4, 0.5) is 0 Å². The molecule has 0 radical (unpaired) electrons. The van der Waals surface area contributed by atoms with Crippen molar-refractivity contribution in [3.63, 3.8) is 0 Å². The van der Waals surface area contributed by atoms with E-state index < -0.39 is 5.60 Å². The van der Waals surface area contributed by atoms with Crippen LogP contribution in [-0.4, -0.2) is 47.0 Å². The molecule has 1 N–H and O–H groups in total. The molecule has 176 valence electrons. The minimum atomic E-state index is -0.747. The molecule has 0 amide bonds. The minimum absolute atomic E-state index is 0.235. The molecule has 5 nitrogen and oxygen atoms in total. The summed E-state index contributed by atoms with van der Waals surface area (Å²) in [5, 5.41) is 16.6. The zero-order valence-electron chi connectivity index (χ0n) is 19.1. The molecule has 0 bridgehead atoms. The summed E-state index contributed by atoms with van der Waals surface area (Å²) >= 11 is 12.2. The highest BCUT2D eigenvalue weighted by Crippen LogP contribution is 2.41. The summed E-state index contributed by atoms with van der Waals surface area (Å²) in [6.07, 6.45) is 3.85. The Balaban J connectivity index is 1.30. The second-order valence-corrected chi connectivity index (χ2v) is 10.3. The fourth-order valence-electron chi connectivity index (χ4n) is 4.57. The van der Waals surface area contributed by atoms with Crippen molar-refractivity contribution in [1.29, 1.82) is 0 Å². The van der Waals surface area contributed by atoms with Crippen LogP contribution >= 0.6 is 23.2 Å². The van der Waals surface area contributed by atoms with Crippen LogP contribution in [0.5, 0.6) is 5.75 Å². The van der Waals surface area contributed by atoms with Gasteiger partial charge in [-0.05, 0) is 48.7 Å². The predicted octanol–water partition coefficient (Wildman–Crippen LogP) is 6.12. The van der Waals surface area contributed by atoms with Crippen LogP contribution in [0.1, 0.15) is 32.3 Å². The Morgan fingerprint density at radius 2 is 1.85 bits per heavy atom. The van der Waals surface area contributed by atoms with Gasteiger partial charge < -0.3 is 19.3 Å². The van der Waals surface area contributed by atoms with Crippen molar-refractivity contribution in [1.82, 2.24) is 10.1 Å². The lowest BCUT2D eigenvalue weighted by molar-refractivity contribution is -0.118. The molecule has 7 heteroatoms. The second-order valence-electron chi connectivity index (χ2n) is 9.46. The van der Waals surface area contributed by atoms with Gasteiger partial charge in [0.05, 0.1) is 24.0 Å². The molecule has 2 aromatic carbocycles. The van der Waals surface area contributed by atoms with Crippen LogP contribution in [0.2, 0.25) is 10.0 Å². The van der Waals surface area contributed by atoms with Crippen LogP contribution in [-0.2, 0) is 6.42 Å². The van der Waals surface area contributed by atoms with Crippen LogP contribution in [0.3, 0.4) is 0 Å². The van der Waals surface area contributed by atoms with Gasteiger partial charge in [0.2, 0.25) is 0 Å². The molecule has 0 aliphatic carbocycles. The van der Waals surface area contributed by atoms with Gasteiger partial charge in [0, 0.05) is 47.6 Å². The van der Waals surface area contributed by atoms with Gasteiger partial charge in [0.15, 0.2) is 5.76 Å². The number of hydrogen-bond donors (Lipinski definition) is 1. The number of aliphatic hydroxyl groups is 1. The second kappa shape index (κ2) is 10.1. The number of nitrogens with zero attached hydrogens (tertiary/aromatic N) is 2. The SMILES string of the molecule is CC1(C)CN(CCCOc2ccc(Cl)cc2-c2ccno2)CCC1(O)Cc1ccc(Cl)cc1. The minimum Gasteiger partial charge on any atom is -0.493 e. The van der Waals surface area contributed by atoms with E-state index in [4.69, 9.17) is 32.5 Å². The topological polar surface area (TPSA) is 58.7 Å². The number of likely N-dealkylation sites (tertiary alicyclic amines) is 1. The third-order valence-corrected chi connectivity index (χ3v) is 7.14. The smallest absolute Gasteiger partial charge is 0.170 e. The maximum atomic E-state index is 11.5. The van der Waals surface area contributed by atoms with Crippen LogP contribution in [0, 0.1) is 5.41 Å². The number of hydrogen-bond acceptors (Lipinski definition) is 5. The molecule has 1 aliphatic heterocycles. The Labute approximate surface area is 205 Å². The summed E-state index contributed by atoms with van der Waals surface area (Å²) in [7, 11) is 0. The van der Waals surface area contributed by atoms with Crippen LogP contribution < -0.4 is 4.74 Å². The van der Waals surface area contributed by atoms with Crippen molar-refractivity contribution < 1.29 is 14.4 Å². The Hall–Kier alpha value is -2.05. The van der Waals surface area contributed by atoms with Gasteiger partial charge in [-0.25, -0.2) is 0 Å². The molecule has 33 heavy (non-hydrogen) atoms. The quantitative estimate of drug-likeness (QED) is 0.386. The number of piperidine rings is 1. The van der Waals surface area contributed by atoms with Gasteiger partial charge >= 0.3 is 0 Å². The van der Waals surface area contributed by atoms with E-state index in [-0.39, 0.29) is 5.41 Å². The van der Waals surface area contributed by atoms with E-state index >= 15 is 0 Å². The highest BCUT2D eigenvalue weighted by Gasteiger charge is 2.47. The van der Waals surface area contributed by atoms with Crippen molar-refractivity contribution >= 4 is 23.2 Å². The van der Waals surface area contributed by atoms with Crippen LogP contribution in [0.25, 0.3) is 11.3 Å². The van der Waals surface area contributed by atoms with Crippen molar-refractivity contribution in [2.75, 3.05) is 26.2 Å². The molecule has 1 aromatic heterocycles. The number of aromatic nitrogens is 1. The first-order chi connectivity index (χ1) is 15.8. The third-order valence-electron chi connectivity index (χ3n) is 6.65. The van der Waals surface area contributed by atoms with Gasteiger partial charge in [0.25, 0.3) is 0 Å². The first-order valence-corrected chi connectivity index (χ1v) is 12.0. The Morgan fingerprint density at radius 1 is 1.09 bits per heavy atom. The summed E-state index contributed by atoms with van der Waals surface area (Å²) in [5.74, 6) is 1.36. The first-order valence-electron chi connectivity index (χ1n) is 11.3. The van der Waals surface area contributed by atoms with E-state index in [9.17, 15) is 5.11 Å². The summed E-state index contributed by atoms with van der Waals surface area (Å²) in [4.78, 5) is 2.42. The monoisotopic (exact) mass is 488 g/mol. The lowest BCUT2D eigenvalue weighted by Crippen LogP contribution is -2.58. The average Bonchev–Trinajstić information content (AvgIpc) is 3.31. The first kappa shape index (κ1) is 24.1. The maximum absolute atomic E-state index is 11.5. The largest absolute Gasteiger partial charge is 0.493 e. The molecule has 1 atom stereocenters. The fraction of sp³-hybridized carbons (Fsp3) is 0.423. The van der Waals surface area contributed by atoms with Gasteiger partial charge in [-0.3, -0.25) is 0 Å². The molecule has 1 saturated heterocycles. The maximum Gasteiger partial charge on any atom is 0.170 e. The molecule has 4 rings (SSSR count). The lowest BCUT2D eigenvalue weighted by Gasteiger charge is -2.50. The number of rotatable bonds is 8. The molecular formula is C26H30Cl2N2O3. The van der Waals surface area contributed by atoms with E-state index in [1.807, 2.05) is 42.5 Å². The number of benzene rings is 2. The fourth-order valence-corrected chi connectivity index (χ4v) is 4.87. The zero-order valence-corrected chi connectivity index (χ0v) is 20.6. The van der Waals surface area contributed by atoms with Gasteiger partial charge in [-0.15, -0.1) is 0 Å². The average molecular weight is 489 g/mol. The highest BCUT2D eigenvalue weighted by atomic mass is 35.5. The molecule has 0 saturated carbocycles. The summed E-state index contributed by atoms with van der Waals surface area (Å²) in [6, 6.07) is 15.1. The van der Waals surface area contributed by atoms with E-state index in [0.29, 0.717) is 28.8 Å². The Bertz CT molecular complexity index is 1050. The molecular weight excluding hydrogens is 459 g/mol. The third kappa shape index (κ3) is 5.72. The summed E-state index contributed by atoms with van der Waals surface area (Å²) in [5.41, 5.74) is 0.929. The van der Waals surface area contributed by atoms with Crippen LogP contribution in [0.15, 0.2) is 59.3 Å². The molecule has 1 fully saturated rings. The molecule has 1 aliphatic rings. The highest BCUT2D eigenvalue weighted by molar-refractivity contribution is 6.31. The number of halogens is 2. The standard InChI is InChI=1S/C26H30Cl2N2O3/c1-25(2)18-30(14-11-26(25,31)17-19-4-6-20(27)7-5-19)13-3-15-32-23-9-8-21(28)16-22(23)24-10-12-29-33-24/h4-10,12,16,31H,3,11,13-15,17-18H2,1-2H3. The Morgan fingerprint density at radius 3 is 2.55 bits per heavy atom. The summed E-state index contributed by atoms with van der Waals surface area (Å²) in [6.45, 7) is 7.49. The predicted molar refractivity (Wildman–Crippen MR) is 132 cm³/mol. The van der Waals surface area contributed by atoms with Gasteiger partial charge in [-0.2, -0.15) is 0 Å².